The summed E-state index contributed by atoms with van der Waals surface area (Å²) in [5, 5.41) is 4.96. The highest BCUT2D eigenvalue weighted by molar-refractivity contribution is 9.10. The highest BCUT2D eigenvalue weighted by Gasteiger charge is 2.40. The molecule has 0 aromatic heterocycles. The molecule has 0 saturated carbocycles. The van der Waals surface area contributed by atoms with Crippen LogP contribution in [0.2, 0.25) is 10.0 Å². The third kappa shape index (κ3) is 4.50. The predicted octanol–water partition coefficient (Wildman–Crippen LogP) is 8.49. The Kier molecular flexibility index (Phi) is 6.93. The molecule has 1 aliphatic carbocycles. The van der Waals surface area contributed by atoms with Crippen molar-refractivity contribution in [2.24, 2.45) is 5.92 Å². The minimum atomic E-state index is 0.0863. The van der Waals surface area contributed by atoms with E-state index in [0.717, 1.165) is 33.5 Å². The number of benzene rings is 3. The zero-order valence-electron chi connectivity index (χ0n) is 19.7. The van der Waals surface area contributed by atoms with Crippen LogP contribution in [0.15, 0.2) is 59.1 Å². The molecule has 3 aromatic carbocycles. The number of halogens is 3. The first-order valence-corrected chi connectivity index (χ1v) is 13.0. The van der Waals surface area contributed by atoms with E-state index in [0.29, 0.717) is 40.0 Å². The van der Waals surface area contributed by atoms with E-state index in [-0.39, 0.29) is 6.04 Å². The van der Waals surface area contributed by atoms with E-state index in [2.05, 4.69) is 58.5 Å². The van der Waals surface area contributed by atoms with Gasteiger partial charge in [-0.15, -0.1) is 0 Å². The summed E-state index contributed by atoms with van der Waals surface area (Å²) >= 11 is 16.1. The number of ether oxygens (including phenoxy) is 3. The number of nitrogens with one attached hydrogen (secondary N) is 1. The average molecular weight is 575 g/mol. The topological polar surface area (TPSA) is 39.7 Å². The summed E-state index contributed by atoms with van der Waals surface area (Å²) in [5.41, 5.74) is 5.64. The van der Waals surface area contributed by atoms with Gasteiger partial charge >= 0.3 is 0 Å². The minimum absolute atomic E-state index is 0.0863. The number of aryl methyl sites for hydroxylation is 1. The van der Waals surface area contributed by atoms with E-state index < -0.39 is 0 Å². The summed E-state index contributed by atoms with van der Waals surface area (Å²) in [7, 11) is 3.38. The Morgan fingerprint density at radius 3 is 2.57 bits per heavy atom. The second kappa shape index (κ2) is 9.96. The van der Waals surface area contributed by atoms with Crippen molar-refractivity contribution in [3.8, 4) is 17.2 Å². The van der Waals surface area contributed by atoms with Gasteiger partial charge in [-0.2, -0.15) is 0 Å². The van der Waals surface area contributed by atoms with Gasteiger partial charge in [0.1, 0.15) is 12.4 Å². The van der Waals surface area contributed by atoms with Gasteiger partial charge in [0.15, 0.2) is 11.5 Å². The van der Waals surface area contributed by atoms with Crippen molar-refractivity contribution in [1.82, 2.24) is 0 Å². The van der Waals surface area contributed by atoms with Crippen LogP contribution in [0.1, 0.15) is 40.6 Å². The van der Waals surface area contributed by atoms with Gasteiger partial charge in [-0.25, -0.2) is 0 Å². The summed E-state index contributed by atoms with van der Waals surface area (Å²) in [6.07, 6.45) is 5.63. The molecule has 1 aliphatic heterocycles. The van der Waals surface area contributed by atoms with Crippen molar-refractivity contribution < 1.29 is 14.2 Å². The van der Waals surface area contributed by atoms with E-state index >= 15 is 0 Å². The Bertz CT molecular complexity index is 1310. The van der Waals surface area contributed by atoms with Crippen LogP contribution >= 0.6 is 39.1 Å². The number of rotatable bonds is 6. The van der Waals surface area contributed by atoms with Crippen molar-refractivity contribution in [1.29, 1.82) is 0 Å². The molecular formula is C28H26BrCl2NO3. The molecule has 0 saturated heterocycles. The number of methoxy groups -OCH3 is 2. The Hall–Kier alpha value is -2.34. The molecule has 0 unspecified atom stereocenters. The molecule has 0 amide bonds. The lowest BCUT2D eigenvalue weighted by Crippen LogP contribution is -2.30. The summed E-state index contributed by atoms with van der Waals surface area (Å²) in [4.78, 5) is 0. The molecule has 0 bridgehead atoms. The van der Waals surface area contributed by atoms with Gasteiger partial charge in [0, 0.05) is 21.5 Å². The largest absolute Gasteiger partial charge is 0.495 e. The molecule has 35 heavy (non-hydrogen) atoms. The highest BCUT2D eigenvalue weighted by atomic mass is 79.9. The smallest absolute Gasteiger partial charge is 0.175 e. The van der Waals surface area contributed by atoms with Crippen molar-refractivity contribution in [2.45, 2.75) is 31.9 Å². The second-order valence-electron chi connectivity index (χ2n) is 8.91. The fourth-order valence-corrected chi connectivity index (χ4v) is 6.26. The maximum atomic E-state index is 6.33. The number of fused-ring (bicyclic) bond motifs is 3. The first kappa shape index (κ1) is 24.4. The summed E-state index contributed by atoms with van der Waals surface area (Å²) in [5.74, 6) is 2.88. The van der Waals surface area contributed by atoms with Crippen LogP contribution in [0.25, 0.3) is 0 Å². The number of anilines is 1. The van der Waals surface area contributed by atoms with E-state index in [4.69, 9.17) is 37.4 Å². The Morgan fingerprint density at radius 1 is 1.03 bits per heavy atom. The van der Waals surface area contributed by atoms with Crippen LogP contribution in [0.4, 0.5) is 5.69 Å². The molecule has 0 spiro atoms. The second-order valence-corrected chi connectivity index (χ2v) is 10.6. The van der Waals surface area contributed by atoms with Crippen molar-refractivity contribution in [3.63, 3.8) is 0 Å². The quantitative estimate of drug-likeness (QED) is 0.300. The molecule has 4 nitrogen and oxygen atoms in total. The monoisotopic (exact) mass is 573 g/mol. The highest BCUT2D eigenvalue weighted by Crippen LogP contribution is 2.54. The molecule has 1 heterocycles. The lowest BCUT2D eigenvalue weighted by atomic mass is 9.75. The molecule has 0 fully saturated rings. The molecule has 7 heteroatoms. The van der Waals surface area contributed by atoms with E-state index in [1.165, 1.54) is 11.1 Å². The molecule has 3 atom stereocenters. The maximum absolute atomic E-state index is 6.33. The predicted molar refractivity (Wildman–Crippen MR) is 146 cm³/mol. The van der Waals surface area contributed by atoms with Crippen molar-refractivity contribution >= 4 is 44.8 Å². The standard InChI is InChI=1S/C28H26BrCl2NO3/c1-15-7-10-23(33-2)27-25(15)19-5-4-6-20(19)26(32-27)17-11-21(29)28(24(12-17)34-3)35-14-16-8-9-18(30)13-22(16)31/h4-5,7-13,19-20,26,32H,6,14H2,1-3H3/t19-,20+,26+/m1/s1. The summed E-state index contributed by atoms with van der Waals surface area (Å²) in [6.45, 7) is 2.46. The zero-order chi connectivity index (χ0) is 24.7. The van der Waals surface area contributed by atoms with Crippen LogP contribution in [-0.2, 0) is 6.61 Å². The SMILES string of the molecule is COc1ccc(C)c2c1N[C@@H](c1cc(Br)c(OCc3ccc(Cl)cc3Cl)c(OC)c1)[C@H]1CC=C[C@@H]21. The zero-order valence-corrected chi connectivity index (χ0v) is 22.8. The van der Waals surface area contributed by atoms with E-state index in [9.17, 15) is 0 Å². The molecule has 0 radical (unpaired) electrons. The number of allylic oxidation sites excluding steroid dienone is 2. The Balaban J connectivity index is 1.49. The van der Waals surface area contributed by atoms with Gasteiger partial charge < -0.3 is 19.5 Å². The maximum Gasteiger partial charge on any atom is 0.175 e. The Morgan fingerprint density at radius 2 is 1.83 bits per heavy atom. The van der Waals surface area contributed by atoms with Gasteiger partial charge in [-0.1, -0.05) is 47.5 Å². The first-order valence-electron chi connectivity index (χ1n) is 11.5. The van der Waals surface area contributed by atoms with Crippen LogP contribution in [-0.4, -0.2) is 14.2 Å². The van der Waals surface area contributed by atoms with Crippen LogP contribution in [0.5, 0.6) is 17.2 Å². The van der Waals surface area contributed by atoms with Gasteiger partial charge in [0.2, 0.25) is 0 Å². The van der Waals surface area contributed by atoms with Crippen molar-refractivity contribution in [3.05, 3.63) is 91.4 Å². The van der Waals surface area contributed by atoms with E-state index in [1.54, 1.807) is 26.4 Å². The molecular weight excluding hydrogens is 549 g/mol. The lowest BCUT2D eigenvalue weighted by Gasteiger charge is -2.39. The van der Waals surface area contributed by atoms with Crippen LogP contribution in [0.3, 0.4) is 0 Å². The third-order valence-electron chi connectivity index (χ3n) is 6.92. The fraction of sp³-hybridized carbons (Fsp3) is 0.286. The van der Waals surface area contributed by atoms with Crippen molar-refractivity contribution in [2.75, 3.05) is 19.5 Å². The molecule has 2 aliphatic rings. The van der Waals surface area contributed by atoms with Crippen LogP contribution in [0, 0.1) is 12.8 Å². The summed E-state index contributed by atoms with van der Waals surface area (Å²) in [6, 6.07) is 13.8. The first-order chi connectivity index (χ1) is 16.9. The Labute approximate surface area is 224 Å². The number of hydrogen-bond donors (Lipinski definition) is 1. The third-order valence-corrected chi connectivity index (χ3v) is 8.09. The lowest BCUT2D eigenvalue weighted by molar-refractivity contribution is 0.282. The van der Waals surface area contributed by atoms with Gasteiger partial charge in [0.05, 0.1) is 30.4 Å². The molecule has 5 rings (SSSR count). The van der Waals surface area contributed by atoms with E-state index in [1.807, 2.05) is 12.1 Å². The minimum Gasteiger partial charge on any atom is -0.495 e. The molecule has 182 valence electrons. The fourth-order valence-electron chi connectivity index (χ4n) is 5.22. The van der Waals surface area contributed by atoms with Gasteiger partial charge in [-0.3, -0.25) is 0 Å². The van der Waals surface area contributed by atoms with Crippen LogP contribution < -0.4 is 19.5 Å². The number of hydrogen-bond acceptors (Lipinski definition) is 4. The van der Waals surface area contributed by atoms with Gasteiger partial charge in [0.25, 0.3) is 0 Å². The average Bonchev–Trinajstić information content (AvgIpc) is 3.33. The van der Waals surface area contributed by atoms with Gasteiger partial charge in [-0.05, 0) is 82.2 Å². The normalized spacial score (nSPS) is 20.1. The molecule has 3 aromatic rings. The molecule has 1 N–H and O–H groups in total. The summed E-state index contributed by atoms with van der Waals surface area (Å²) < 4.78 is 18.5.